The Bertz CT molecular complexity index is 663. The highest BCUT2D eigenvalue weighted by Gasteiger charge is 2.39. The van der Waals surface area contributed by atoms with E-state index in [4.69, 9.17) is 5.11 Å². The van der Waals surface area contributed by atoms with E-state index < -0.39 is 36.2 Å². The standard InChI is InChI=1S/C14H14F3N3O4/c15-14(16,17)8-3-1-2-7(4-8)12(22)18-6-11(21)19-9-5-10(9)20-13(23)24/h1-4,9-10,20H,5-6H2,(H,18,22)(H,19,21)(H,23,24). The summed E-state index contributed by atoms with van der Waals surface area (Å²) in [5.74, 6) is -1.37. The van der Waals surface area contributed by atoms with Crippen molar-refractivity contribution in [2.45, 2.75) is 24.7 Å². The summed E-state index contributed by atoms with van der Waals surface area (Å²) in [6, 6.07) is 3.12. The maximum atomic E-state index is 12.6. The average molecular weight is 345 g/mol. The van der Waals surface area contributed by atoms with E-state index in [2.05, 4.69) is 16.0 Å². The van der Waals surface area contributed by atoms with Crippen molar-refractivity contribution in [3.8, 4) is 0 Å². The number of carbonyl (C=O) groups excluding carboxylic acids is 2. The molecule has 24 heavy (non-hydrogen) atoms. The van der Waals surface area contributed by atoms with Crippen LogP contribution in [0, 0.1) is 0 Å². The van der Waals surface area contributed by atoms with Gasteiger partial charge in [0.1, 0.15) is 0 Å². The molecule has 4 N–H and O–H groups in total. The van der Waals surface area contributed by atoms with Crippen molar-refractivity contribution < 1.29 is 32.7 Å². The molecule has 1 aliphatic carbocycles. The highest BCUT2D eigenvalue weighted by Crippen LogP contribution is 2.29. The molecule has 2 unspecified atom stereocenters. The zero-order valence-corrected chi connectivity index (χ0v) is 12.2. The Morgan fingerprint density at radius 2 is 1.83 bits per heavy atom. The molecule has 0 aliphatic heterocycles. The summed E-state index contributed by atoms with van der Waals surface area (Å²) in [5.41, 5.74) is -1.17. The molecule has 2 rings (SSSR count). The maximum Gasteiger partial charge on any atom is 0.416 e. The summed E-state index contributed by atoms with van der Waals surface area (Å²) >= 11 is 0. The van der Waals surface area contributed by atoms with Crippen molar-refractivity contribution in [1.82, 2.24) is 16.0 Å². The summed E-state index contributed by atoms with van der Waals surface area (Å²) < 4.78 is 37.7. The van der Waals surface area contributed by atoms with E-state index in [1.807, 2.05) is 0 Å². The van der Waals surface area contributed by atoms with Crippen LogP contribution in [-0.4, -0.2) is 41.6 Å². The van der Waals surface area contributed by atoms with E-state index in [0.717, 1.165) is 12.1 Å². The van der Waals surface area contributed by atoms with Gasteiger partial charge in [-0.05, 0) is 24.6 Å². The van der Waals surface area contributed by atoms with E-state index >= 15 is 0 Å². The maximum absolute atomic E-state index is 12.6. The summed E-state index contributed by atoms with van der Waals surface area (Å²) in [7, 11) is 0. The second-order valence-electron chi connectivity index (χ2n) is 5.23. The first kappa shape index (κ1) is 17.6. The number of rotatable bonds is 5. The zero-order valence-electron chi connectivity index (χ0n) is 12.2. The molecule has 0 radical (unpaired) electrons. The number of carbonyl (C=O) groups is 3. The Morgan fingerprint density at radius 3 is 2.46 bits per heavy atom. The lowest BCUT2D eigenvalue weighted by atomic mass is 10.1. The third-order valence-corrected chi connectivity index (χ3v) is 3.31. The van der Waals surface area contributed by atoms with Crippen LogP contribution < -0.4 is 16.0 Å². The molecule has 10 heteroatoms. The quantitative estimate of drug-likeness (QED) is 0.637. The smallest absolute Gasteiger partial charge is 0.416 e. The largest absolute Gasteiger partial charge is 0.465 e. The van der Waals surface area contributed by atoms with Gasteiger partial charge in [-0.15, -0.1) is 0 Å². The summed E-state index contributed by atoms with van der Waals surface area (Å²) in [6.45, 7) is -0.425. The molecule has 0 saturated heterocycles. The van der Waals surface area contributed by atoms with Crippen LogP contribution in [0.4, 0.5) is 18.0 Å². The molecule has 0 spiro atoms. The van der Waals surface area contributed by atoms with Gasteiger partial charge in [0, 0.05) is 5.56 Å². The summed E-state index contributed by atoms with van der Waals surface area (Å²) in [4.78, 5) is 33.8. The van der Waals surface area contributed by atoms with Gasteiger partial charge in [-0.25, -0.2) is 4.79 Å². The van der Waals surface area contributed by atoms with Crippen molar-refractivity contribution in [1.29, 1.82) is 0 Å². The van der Waals surface area contributed by atoms with Crippen LogP contribution in [-0.2, 0) is 11.0 Å². The summed E-state index contributed by atoms with van der Waals surface area (Å²) in [6.07, 6.45) is -5.32. The number of nitrogens with one attached hydrogen (secondary N) is 3. The van der Waals surface area contributed by atoms with Gasteiger partial charge in [0.2, 0.25) is 5.91 Å². The van der Waals surface area contributed by atoms with Crippen molar-refractivity contribution >= 4 is 17.9 Å². The van der Waals surface area contributed by atoms with Gasteiger partial charge < -0.3 is 21.1 Å². The third kappa shape index (κ3) is 4.86. The van der Waals surface area contributed by atoms with Crippen LogP contribution in [0.3, 0.4) is 0 Å². The summed E-state index contributed by atoms with van der Waals surface area (Å²) in [5, 5.41) is 15.4. The van der Waals surface area contributed by atoms with Crippen LogP contribution in [0.25, 0.3) is 0 Å². The van der Waals surface area contributed by atoms with Crippen LogP contribution >= 0.6 is 0 Å². The van der Waals surface area contributed by atoms with Crippen LogP contribution in [0.15, 0.2) is 24.3 Å². The Balaban J connectivity index is 1.81. The monoisotopic (exact) mass is 345 g/mol. The van der Waals surface area contributed by atoms with Crippen molar-refractivity contribution in [2.75, 3.05) is 6.54 Å². The molecule has 7 nitrogen and oxygen atoms in total. The topological polar surface area (TPSA) is 108 Å². The molecular formula is C14H14F3N3O4. The Morgan fingerprint density at radius 1 is 1.17 bits per heavy atom. The molecule has 1 aliphatic rings. The van der Waals surface area contributed by atoms with E-state index in [1.54, 1.807) is 0 Å². The van der Waals surface area contributed by atoms with E-state index in [9.17, 15) is 27.6 Å². The molecule has 2 atom stereocenters. The molecule has 130 valence electrons. The molecule has 1 aromatic carbocycles. The highest BCUT2D eigenvalue weighted by atomic mass is 19.4. The van der Waals surface area contributed by atoms with E-state index in [-0.39, 0.29) is 17.6 Å². The van der Waals surface area contributed by atoms with Crippen molar-refractivity contribution in [2.24, 2.45) is 0 Å². The van der Waals surface area contributed by atoms with Crippen LogP contribution in [0.2, 0.25) is 0 Å². The lowest BCUT2D eigenvalue weighted by molar-refractivity contribution is -0.137. The van der Waals surface area contributed by atoms with E-state index in [1.165, 1.54) is 6.07 Å². The molecule has 0 bridgehead atoms. The number of alkyl halides is 3. The van der Waals surface area contributed by atoms with Gasteiger partial charge in [0.05, 0.1) is 24.2 Å². The second kappa shape index (κ2) is 6.77. The molecule has 0 heterocycles. The normalized spacial score (nSPS) is 19.3. The van der Waals surface area contributed by atoms with Gasteiger partial charge in [0.25, 0.3) is 5.91 Å². The molecule has 1 aromatic rings. The lowest BCUT2D eigenvalue weighted by Crippen LogP contribution is -2.40. The fraction of sp³-hybridized carbons (Fsp3) is 0.357. The minimum atomic E-state index is -4.56. The minimum Gasteiger partial charge on any atom is -0.465 e. The first-order valence-corrected chi connectivity index (χ1v) is 6.91. The Hall–Kier alpha value is -2.78. The number of benzene rings is 1. The third-order valence-electron chi connectivity index (χ3n) is 3.31. The molecule has 3 amide bonds. The van der Waals surface area contributed by atoms with Gasteiger partial charge in [-0.2, -0.15) is 13.2 Å². The van der Waals surface area contributed by atoms with Gasteiger partial charge in [-0.1, -0.05) is 6.07 Å². The number of amides is 3. The molecule has 1 fully saturated rings. The number of hydrogen-bond donors (Lipinski definition) is 4. The first-order valence-electron chi connectivity index (χ1n) is 6.91. The average Bonchev–Trinajstić information content (AvgIpc) is 3.20. The van der Waals surface area contributed by atoms with E-state index in [0.29, 0.717) is 12.5 Å². The zero-order chi connectivity index (χ0) is 17.9. The predicted octanol–water partition coefficient (Wildman–Crippen LogP) is 0.960. The van der Waals surface area contributed by atoms with Gasteiger partial charge >= 0.3 is 12.3 Å². The van der Waals surface area contributed by atoms with Crippen LogP contribution in [0.5, 0.6) is 0 Å². The molecular weight excluding hydrogens is 331 g/mol. The SMILES string of the molecule is O=C(O)NC1CC1NC(=O)CNC(=O)c1cccc(C(F)(F)F)c1. The predicted molar refractivity (Wildman–Crippen MR) is 75.3 cm³/mol. The lowest BCUT2D eigenvalue weighted by Gasteiger charge is -2.09. The minimum absolute atomic E-state index is 0.213. The first-order chi connectivity index (χ1) is 11.2. The van der Waals surface area contributed by atoms with Gasteiger partial charge in [0.15, 0.2) is 0 Å². The highest BCUT2D eigenvalue weighted by molar-refractivity contribution is 5.96. The van der Waals surface area contributed by atoms with Crippen molar-refractivity contribution in [3.05, 3.63) is 35.4 Å². The fourth-order valence-electron chi connectivity index (χ4n) is 2.03. The van der Waals surface area contributed by atoms with Gasteiger partial charge in [-0.3, -0.25) is 9.59 Å². The number of hydrogen-bond acceptors (Lipinski definition) is 3. The Kier molecular flexibility index (Phi) is 4.96. The number of carboxylic acid groups (broad SMARTS) is 1. The molecule has 0 aromatic heterocycles. The second-order valence-corrected chi connectivity index (χ2v) is 5.23. The fourth-order valence-corrected chi connectivity index (χ4v) is 2.03. The Labute approximate surface area is 134 Å². The van der Waals surface area contributed by atoms with Crippen LogP contribution in [0.1, 0.15) is 22.3 Å². The van der Waals surface area contributed by atoms with Crippen molar-refractivity contribution in [3.63, 3.8) is 0 Å². The molecule has 1 saturated carbocycles. The number of halogens is 3.